The summed E-state index contributed by atoms with van der Waals surface area (Å²) in [6.45, 7) is 11.1. The third-order valence-corrected chi connectivity index (χ3v) is 5.52. The Morgan fingerprint density at radius 3 is 2.15 bits per heavy atom. The smallest absolute Gasteiger partial charge is 0.407 e. The van der Waals surface area contributed by atoms with Gasteiger partial charge in [0.2, 0.25) is 0 Å². The number of hydrogen-bond donors (Lipinski definition) is 4. The molecule has 3 amide bonds. The molecule has 3 aromatic rings. The number of aromatic nitrogens is 1. The molecule has 222 valence electrons. The lowest BCUT2D eigenvalue weighted by molar-refractivity contribution is 0.0487. The maximum absolute atomic E-state index is 13.2. The highest BCUT2D eigenvalue weighted by atomic mass is 19.1. The number of aromatic amines is 1. The normalized spacial score (nSPS) is 12.4. The van der Waals surface area contributed by atoms with Crippen LogP contribution in [-0.4, -0.2) is 53.4 Å². The fraction of sp³-hybridized carbons (Fsp3) is 0.433. The maximum atomic E-state index is 13.2. The highest BCUT2D eigenvalue weighted by Gasteiger charge is 2.21. The molecular formula is C30H39FN4O6. The van der Waals surface area contributed by atoms with Gasteiger partial charge in [0.15, 0.2) is 0 Å². The van der Waals surface area contributed by atoms with Crippen molar-refractivity contribution in [3.63, 3.8) is 0 Å². The number of fused-ring (bicyclic) bond motifs is 1. The Labute approximate surface area is 239 Å². The molecule has 1 atom stereocenters. The van der Waals surface area contributed by atoms with E-state index in [2.05, 4.69) is 20.9 Å². The van der Waals surface area contributed by atoms with E-state index in [4.69, 9.17) is 14.2 Å². The van der Waals surface area contributed by atoms with Gasteiger partial charge in [0.1, 0.15) is 34.2 Å². The van der Waals surface area contributed by atoms with Crippen molar-refractivity contribution in [1.82, 2.24) is 20.9 Å². The molecule has 0 bridgehead atoms. The maximum Gasteiger partial charge on any atom is 0.407 e. The summed E-state index contributed by atoms with van der Waals surface area (Å²) in [4.78, 5) is 40.4. The zero-order valence-electron chi connectivity index (χ0n) is 24.4. The molecule has 0 aliphatic heterocycles. The van der Waals surface area contributed by atoms with E-state index in [1.807, 2.05) is 6.07 Å². The first kappa shape index (κ1) is 31.3. The summed E-state index contributed by atoms with van der Waals surface area (Å²) >= 11 is 0. The van der Waals surface area contributed by atoms with Crippen molar-refractivity contribution in [2.75, 3.05) is 13.1 Å². The van der Waals surface area contributed by atoms with Crippen molar-refractivity contribution in [2.45, 2.75) is 71.6 Å². The number of carbonyl (C=O) groups excluding carboxylic acids is 3. The van der Waals surface area contributed by atoms with Crippen molar-refractivity contribution in [3.05, 3.63) is 60.0 Å². The van der Waals surface area contributed by atoms with Crippen LogP contribution in [0.15, 0.2) is 48.5 Å². The number of carbonyl (C=O) groups is 3. The first-order chi connectivity index (χ1) is 19.2. The lowest BCUT2D eigenvalue weighted by Crippen LogP contribution is -2.46. The molecule has 0 fully saturated rings. The summed E-state index contributed by atoms with van der Waals surface area (Å²) in [6.07, 6.45) is -0.131. The van der Waals surface area contributed by atoms with Gasteiger partial charge in [-0.3, -0.25) is 4.79 Å². The van der Waals surface area contributed by atoms with Gasteiger partial charge in [0.25, 0.3) is 5.91 Å². The number of halogens is 1. The van der Waals surface area contributed by atoms with Gasteiger partial charge in [0, 0.05) is 36.1 Å². The Balaban J connectivity index is 1.59. The second kappa shape index (κ2) is 13.4. The Hall–Kier alpha value is -4.28. The van der Waals surface area contributed by atoms with E-state index < -0.39 is 29.4 Å². The van der Waals surface area contributed by atoms with Crippen LogP contribution in [0.5, 0.6) is 11.5 Å². The van der Waals surface area contributed by atoms with Crippen LogP contribution in [0.3, 0.4) is 0 Å². The number of nitrogens with one attached hydrogen (secondary N) is 4. The van der Waals surface area contributed by atoms with Crippen LogP contribution in [0.1, 0.15) is 64.9 Å². The van der Waals surface area contributed by atoms with Crippen molar-refractivity contribution in [3.8, 4) is 11.5 Å². The molecule has 0 radical (unpaired) electrons. The van der Waals surface area contributed by atoms with Crippen molar-refractivity contribution >= 4 is 29.0 Å². The van der Waals surface area contributed by atoms with E-state index in [0.717, 1.165) is 5.39 Å². The van der Waals surface area contributed by atoms with Crippen LogP contribution in [0, 0.1) is 5.82 Å². The largest absolute Gasteiger partial charge is 0.457 e. The Morgan fingerprint density at radius 1 is 0.854 bits per heavy atom. The minimum absolute atomic E-state index is 0.138. The lowest BCUT2D eigenvalue weighted by atomic mass is 10.1. The van der Waals surface area contributed by atoms with Gasteiger partial charge in [0.05, 0.1) is 0 Å². The van der Waals surface area contributed by atoms with Gasteiger partial charge in [-0.2, -0.15) is 0 Å². The summed E-state index contributed by atoms with van der Waals surface area (Å²) in [5, 5.41) is 9.14. The highest BCUT2D eigenvalue weighted by molar-refractivity contribution is 5.98. The van der Waals surface area contributed by atoms with Gasteiger partial charge in [-0.1, -0.05) is 0 Å². The van der Waals surface area contributed by atoms with Crippen LogP contribution < -0.4 is 20.7 Å². The molecule has 0 aliphatic carbocycles. The van der Waals surface area contributed by atoms with Gasteiger partial charge < -0.3 is 35.1 Å². The Bertz CT molecular complexity index is 1340. The molecule has 0 unspecified atom stereocenters. The van der Waals surface area contributed by atoms with Crippen LogP contribution in [0.2, 0.25) is 0 Å². The first-order valence-corrected chi connectivity index (χ1v) is 13.5. The average molecular weight is 571 g/mol. The summed E-state index contributed by atoms with van der Waals surface area (Å²) in [5.41, 5.74) is -0.262. The fourth-order valence-corrected chi connectivity index (χ4v) is 3.79. The van der Waals surface area contributed by atoms with Gasteiger partial charge in [-0.15, -0.1) is 0 Å². The number of ether oxygens (including phenoxy) is 3. The van der Waals surface area contributed by atoms with E-state index in [0.29, 0.717) is 42.1 Å². The summed E-state index contributed by atoms with van der Waals surface area (Å²) < 4.78 is 29.5. The molecule has 10 nitrogen and oxygen atoms in total. The molecule has 0 spiro atoms. The van der Waals surface area contributed by atoms with Crippen LogP contribution >= 0.6 is 0 Å². The molecule has 1 heterocycles. The van der Waals surface area contributed by atoms with Crippen LogP contribution in [0.25, 0.3) is 10.9 Å². The fourth-order valence-electron chi connectivity index (χ4n) is 3.79. The monoisotopic (exact) mass is 570 g/mol. The molecule has 0 aliphatic rings. The average Bonchev–Trinajstić information content (AvgIpc) is 3.27. The van der Waals surface area contributed by atoms with Crippen LogP contribution in [0.4, 0.5) is 14.0 Å². The third kappa shape index (κ3) is 11.0. The molecule has 0 saturated heterocycles. The molecule has 11 heteroatoms. The zero-order chi connectivity index (χ0) is 30.2. The Kier molecular flexibility index (Phi) is 10.2. The molecule has 4 N–H and O–H groups in total. The topological polar surface area (TPSA) is 131 Å². The van der Waals surface area contributed by atoms with Gasteiger partial charge >= 0.3 is 12.2 Å². The number of amides is 3. The van der Waals surface area contributed by atoms with E-state index >= 15 is 0 Å². The third-order valence-electron chi connectivity index (χ3n) is 5.52. The minimum atomic E-state index is -0.681. The van der Waals surface area contributed by atoms with E-state index in [1.165, 1.54) is 24.3 Å². The zero-order valence-corrected chi connectivity index (χ0v) is 24.4. The highest BCUT2D eigenvalue weighted by Crippen LogP contribution is 2.26. The molecular weight excluding hydrogens is 531 g/mol. The van der Waals surface area contributed by atoms with Crippen LogP contribution in [-0.2, 0) is 9.47 Å². The summed E-state index contributed by atoms with van der Waals surface area (Å²) in [5.74, 6) is 0.304. The predicted molar refractivity (Wildman–Crippen MR) is 154 cm³/mol. The number of rotatable bonds is 10. The molecule has 3 rings (SSSR count). The number of hydrogen-bond acceptors (Lipinski definition) is 6. The van der Waals surface area contributed by atoms with E-state index in [-0.39, 0.29) is 18.3 Å². The van der Waals surface area contributed by atoms with E-state index in [1.54, 1.807) is 59.7 Å². The molecule has 0 saturated carbocycles. The Morgan fingerprint density at radius 2 is 1.49 bits per heavy atom. The molecule has 41 heavy (non-hydrogen) atoms. The molecule has 2 aromatic carbocycles. The SMILES string of the molecule is CC(C)(C)OC(=O)NCCC[C@@H](CNC(=O)c1cc2ccc(Oc3ccc(F)cc3)cc2[nH]1)NC(=O)OC(C)(C)C. The van der Waals surface area contributed by atoms with Crippen molar-refractivity contribution in [1.29, 1.82) is 0 Å². The van der Waals surface area contributed by atoms with Crippen molar-refractivity contribution < 1.29 is 33.0 Å². The second-order valence-electron chi connectivity index (χ2n) is 11.6. The van der Waals surface area contributed by atoms with E-state index in [9.17, 15) is 18.8 Å². The minimum Gasteiger partial charge on any atom is -0.457 e. The van der Waals surface area contributed by atoms with Crippen molar-refractivity contribution in [2.24, 2.45) is 0 Å². The second-order valence-corrected chi connectivity index (χ2v) is 11.6. The standard InChI is InChI=1S/C30H39FN4O6/c1-29(2,3)40-27(37)32-15-7-8-21(34-28(38)41-30(4,5)6)18-33-26(36)25-16-19-9-12-23(17-24(19)35-25)39-22-13-10-20(31)11-14-22/h9-14,16-17,21,35H,7-8,15,18H2,1-6H3,(H,32,37)(H,33,36)(H,34,38)/t21-/m0/s1. The summed E-state index contributed by atoms with van der Waals surface area (Å²) in [6, 6.07) is 12.3. The van der Waals surface area contributed by atoms with Gasteiger partial charge in [-0.25, -0.2) is 14.0 Å². The molecule has 1 aromatic heterocycles. The number of H-pyrrole nitrogens is 1. The quantitative estimate of drug-likeness (QED) is 0.220. The summed E-state index contributed by atoms with van der Waals surface area (Å²) in [7, 11) is 0. The number of alkyl carbamates (subject to hydrolysis) is 2. The lowest BCUT2D eigenvalue weighted by Gasteiger charge is -2.24. The first-order valence-electron chi connectivity index (χ1n) is 13.5. The number of benzene rings is 2. The van der Waals surface area contributed by atoms with Gasteiger partial charge in [-0.05, 0) is 96.8 Å². The predicted octanol–water partition coefficient (Wildman–Crippen LogP) is 6.03.